The predicted octanol–water partition coefficient (Wildman–Crippen LogP) is 4.15. The molecule has 0 saturated heterocycles. The fraction of sp³-hybridized carbons (Fsp3) is 0.316. The zero-order valence-electron chi connectivity index (χ0n) is 14.3. The minimum absolute atomic E-state index is 0.0746. The Morgan fingerprint density at radius 3 is 2.50 bits per heavy atom. The number of hydrogen-bond donors (Lipinski definition) is 2. The largest absolute Gasteiger partial charge is 0.492 e. The molecule has 0 aliphatic rings. The maximum Gasteiger partial charge on any atom is 0.171 e. The molecule has 0 spiro atoms. The molecule has 2 aromatic carbocycles. The summed E-state index contributed by atoms with van der Waals surface area (Å²) in [6.45, 7) is 7.17. The van der Waals surface area contributed by atoms with E-state index in [1.807, 2.05) is 62.4 Å². The standard InChI is InChI=1S/C19H24N2O2S/c1-4-22-18-8-6-5-7-17(18)21-19(24)20-15(3)13-23-16-11-9-14(2)10-12-16/h5-12,15H,4,13H2,1-3H3,(H2,20,21,24). The lowest BCUT2D eigenvalue weighted by molar-refractivity contribution is 0.287. The molecule has 0 amide bonds. The molecule has 0 aliphatic heterocycles. The molecule has 0 saturated carbocycles. The summed E-state index contributed by atoms with van der Waals surface area (Å²) in [5.41, 5.74) is 2.07. The minimum atomic E-state index is 0.0746. The van der Waals surface area contributed by atoms with Crippen LogP contribution in [0, 0.1) is 6.92 Å². The second-order valence-electron chi connectivity index (χ2n) is 5.55. The smallest absolute Gasteiger partial charge is 0.171 e. The summed E-state index contributed by atoms with van der Waals surface area (Å²) < 4.78 is 11.3. The summed E-state index contributed by atoms with van der Waals surface area (Å²) in [6, 6.07) is 15.8. The molecule has 0 heterocycles. The molecule has 1 unspecified atom stereocenters. The van der Waals surface area contributed by atoms with E-state index in [0.717, 1.165) is 17.2 Å². The molecule has 0 bridgehead atoms. The highest BCUT2D eigenvalue weighted by atomic mass is 32.1. The van der Waals surface area contributed by atoms with Gasteiger partial charge in [-0.15, -0.1) is 0 Å². The first-order valence-electron chi connectivity index (χ1n) is 8.07. The molecule has 2 aromatic rings. The van der Waals surface area contributed by atoms with Gasteiger partial charge in [0.2, 0.25) is 0 Å². The summed E-state index contributed by atoms with van der Waals surface area (Å²) in [5, 5.41) is 6.93. The highest BCUT2D eigenvalue weighted by molar-refractivity contribution is 7.80. The third kappa shape index (κ3) is 5.74. The van der Waals surface area contributed by atoms with Crippen LogP contribution >= 0.6 is 12.2 Å². The Kier molecular flexibility index (Phi) is 6.88. The molecule has 4 nitrogen and oxygen atoms in total. The first kappa shape index (κ1) is 18.1. The molecule has 5 heteroatoms. The Morgan fingerprint density at radius 1 is 1.08 bits per heavy atom. The first-order chi connectivity index (χ1) is 11.6. The number of rotatable bonds is 7. The number of hydrogen-bond acceptors (Lipinski definition) is 3. The average Bonchev–Trinajstić information content (AvgIpc) is 2.56. The second kappa shape index (κ2) is 9.13. The van der Waals surface area contributed by atoms with Gasteiger partial charge in [-0.1, -0.05) is 29.8 Å². The number of anilines is 1. The normalized spacial score (nSPS) is 11.5. The van der Waals surface area contributed by atoms with Crippen LogP contribution < -0.4 is 20.1 Å². The Bertz CT molecular complexity index is 659. The number of nitrogens with one attached hydrogen (secondary N) is 2. The monoisotopic (exact) mass is 344 g/mol. The molecule has 2 N–H and O–H groups in total. The third-order valence-corrected chi connectivity index (χ3v) is 3.55. The molecule has 0 aromatic heterocycles. The van der Waals surface area contributed by atoms with Gasteiger partial charge in [0.15, 0.2) is 5.11 Å². The Hall–Kier alpha value is -2.27. The molecule has 0 fully saturated rings. The lowest BCUT2D eigenvalue weighted by Gasteiger charge is -2.19. The van der Waals surface area contributed by atoms with Crippen molar-refractivity contribution < 1.29 is 9.47 Å². The van der Waals surface area contributed by atoms with Crippen LogP contribution in [0.1, 0.15) is 19.4 Å². The van der Waals surface area contributed by atoms with E-state index in [0.29, 0.717) is 18.3 Å². The van der Waals surface area contributed by atoms with Crippen molar-refractivity contribution in [3.63, 3.8) is 0 Å². The van der Waals surface area contributed by atoms with Crippen LogP contribution in [0.15, 0.2) is 48.5 Å². The summed E-state index contributed by atoms with van der Waals surface area (Å²) >= 11 is 5.37. The van der Waals surface area contributed by atoms with Gasteiger partial charge >= 0.3 is 0 Å². The van der Waals surface area contributed by atoms with Gasteiger partial charge in [0.1, 0.15) is 18.1 Å². The van der Waals surface area contributed by atoms with E-state index in [1.54, 1.807) is 0 Å². The lowest BCUT2D eigenvalue weighted by Crippen LogP contribution is -2.39. The fourth-order valence-electron chi connectivity index (χ4n) is 2.13. The van der Waals surface area contributed by atoms with Crippen molar-refractivity contribution in [2.45, 2.75) is 26.8 Å². The highest BCUT2D eigenvalue weighted by Gasteiger charge is 2.08. The lowest BCUT2D eigenvalue weighted by atomic mass is 10.2. The van der Waals surface area contributed by atoms with Crippen LogP contribution in [-0.4, -0.2) is 24.4 Å². The molecule has 24 heavy (non-hydrogen) atoms. The number of para-hydroxylation sites is 2. The van der Waals surface area contributed by atoms with E-state index in [4.69, 9.17) is 21.7 Å². The fourth-order valence-corrected chi connectivity index (χ4v) is 2.44. The van der Waals surface area contributed by atoms with Crippen LogP contribution in [0.3, 0.4) is 0 Å². The van der Waals surface area contributed by atoms with Crippen molar-refractivity contribution >= 4 is 23.0 Å². The third-order valence-electron chi connectivity index (χ3n) is 3.33. The van der Waals surface area contributed by atoms with E-state index in [1.165, 1.54) is 5.56 Å². The highest BCUT2D eigenvalue weighted by Crippen LogP contribution is 2.23. The quantitative estimate of drug-likeness (QED) is 0.739. The maximum absolute atomic E-state index is 5.76. The number of aryl methyl sites for hydroxylation is 1. The van der Waals surface area contributed by atoms with Crippen molar-refractivity contribution in [3.05, 3.63) is 54.1 Å². The van der Waals surface area contributed by atoms with Gasteiger partial charge in [0, 0.05) is 0 Å². The van der Waals surface area contributed by atoms with E-state index >= 15 is 0 Å². The predicted molar refractivity (Wildman–Crippen MR) is 103 cm³/mol. The molecule has 1 atom stereocenters. The van der Waals surface area contributed by atoms with E-state index < -0.39 is 0 Å². The molecular formula is C19H24N2O2S. The number of thiocarbonyl (C=S) groups is 1. The second-order valence-corrected chi connectivity index (χ2v) is 5.96. The molecule has 2 rings (SSSR count). The SMILES string of the molecule is CCOc1ccccc1NC(=S)NC(C)COc1ccc(C)cc1. The molecule has 0 radical (unpaired) electrons. The van der Waals surface area contributed by atoms with Crippen molar-refractivity contribution in [2.75, 3.05) is 18.5 Å². The van der Waals surface area contributed by atoms with Crippen LogP contribution in [0.4, 0.5) is 5.69 Å². The van der Waals surface area contributed by atoms with Gasteiger partial charge in [-0.05, 0) is 57.3 Å². The van der Waals surface area contributed by atoms with Gasteiger partial charge in [-0.2, -0.15) is 0 Å². The zero-order chi connectivity index (χ0) is 17.4. The van der Waals surface area contributed by atoms with E-state index in [9.17, 15) is 0 Å². The zero-order valence-corrected chi connectivity index (χ0v) is 15.2. The first-order valence-corrected chi connectivity index (χ1v) is 8.48. The van der Waals surface area contributed by atoms with Crippen molar-refractivity contribution in [1.29, 1.82) is 0 Å². The Balaban J connectivity index is 1.82. The van der Waals surface area contributed by atoms with Gasteiger partial charge in [0.05, 0.1) is 18.3 Å². The average molecular weight is 344 g/mol. The van der Waals surface area contributed by atoms with Gasteiger partial charge < -0.3 is 20.1 Å². The molecule has 128 valence electrons. The summed E-state index contributed by atoms with van der Waals surface area (Å²) in [5.74, 6) is 1.64. The van der Waals surface area contributed by atoms with Crippen molar-refractivity contribution in [2.24, 2.45) is 0 Å². The van der Waals surface area contributed by atoms with Crippen molar-refractivity contribution in [1.82, 2.24) is 5.32 Å². The Morgan fingerprint density at radius 2 is 1.79 bits per heavy atom. The minimum Gasteiger partial charge on any atom is -0.492 e. The van der Waals surface area contributed by atoms with Gasteiger partial charge in [-0.25, -0.2) is 0 Å². The van der Waals surface area contributed by atoms with Crippen LogP contribution in [0.25, 0.3) is 0 Å². The number of benzene rings is 2. The summed E-state index contributed by atoms with van der Waals surface area (Å²) in [7, 11) is 0. The Labute approximate surface area is 149 Å². The molecule has 0 aliphatic carbocycles. The van der Waals surface area contributed by atoms with E-state index in [-0.39, 0.29) is 6.04 Å². The van der Waals surface area contributed by atoms with Crippen molar-refractivity contribution in [3.8, 4) is 11.5 Å². The number of ether oxygens (including phenoxy) is 2. The van der Waals surface area contributed by atoms with E-state index in [2.05, 4.69) is 17.6 Å². The van der Waals surface area contributed by atoms with Crippen LogP contribution in [-0.2, 0) is 0 Å². The summed E-state index contributed by atoms with van der Waals surface area (Å²) in [4.78, 5) is 0. The van der Waals surface area contributed by atoms with Gasteiger partial charge in [0.25, 0.3) is 0 Å². The summed E-state index contributed by atoms with van der Waals surface area (Å²) in [6.07, 6.45) is 0. The van der Waals surface area contributed by atoms with Crippen LogP contribution in [0.2, 0.25) is 0 Å². The maximum atomic E-state index is 5.76. The topological polar surface area (TPSA) is 42.5 Å². The molecular weight excluding hydrogens is 320 g/mol. The van der Waals surface area contributed by atoms with Crippen LogP contribution in [0.5, 0.6) is 11.5 Å². The van der Waals surface area contributed by atoms with Gasteiger partial charge in [-0.3, -0.25) is 0 Å².